The summed E-state index contributed by atoms with van der Waals surface area (Å²) in [5.74, 6) is 0.162. The van der Waals surface area contributed by atoms with Crippen molar-refractivity contribution in [2.45, 2.75) is 44.2 Å². The predicted octanol–water partition coefficient (Wildman–Crippen LogP) is -0.134. The van der Waals surface area contributed by atoms with E-state index in [1.54, 1.807) is 0 Å². The number of hydrogen-bond acceptors (Lipinski definition) is 3. The summed E-state index contributed by atoms with van der Waals surface area (Å²) in [6, 6.07) is 1.11. The fraction of sp³-hybridized carbons (Fsp3) is 0.846. The molecule has 0 aromatic carbocycles. The van der Waals surface area contributed by atoms with Gasteiger partial charge < -0.3 is 10.6 Å². The Kier molecular flexibility index (Phi) is 3.24. The Bertz CT molecular complexity index is 344. The average Bonchev–Trinajstić information content (AvgIpc) is 3.11. The van der Waals surface area contributed by atoms with E-state index >= 15 is 0 Å². The number of piperidine rings is 1. The number of likely N-dealkylation sites (tertiary alicyclic amines) is 1. The fourth-order valence-corrected chi connectivity index (χ4v) is 2.95. The molecular weight excluding hydrogens is 230 g/mol. The van der Waals surface area contributed by atoms with Crippen LogP contribution in [0.5, 0.6) is 0 Å². The summed E-state index contributed by atoms with van der Waals surface area (Å²) >= 11 is 0. The SMILES string of the molecule is O=C1CCC(C(=O)NC2CCN(C3CC3)C2)CN1. The maximum atomic E-state index is 12.1. The predicted molar refractivity (Wildman–Crippen MR) is 66.9 cm³/mol. The van der Waals surface area contributed by atoms with Gasteiger partial charge in [-0.05, 0) is 25.7 Å². The molecule has 0 aromatic rings. The van der Waals surface area contributed by atoms with Crippen molar-refractivity contribution in [1.29, 1.82) is 0 Å². The molecule has 0 bridgehead atoms. The van der Waals surface area contributed by atoms with Crippen LogP contribution >= 0.6 is 0 Å². The van der Waals surface area contributed by atoms with Crippen LogP contribution in [0.15, 0.2) is 0 Å². The number of nitrogens with one attached hydrogen (secondary N) is 2. The molecule has 1 aliphatic carbocycles. The molecule has 0 radical (unpaired) electrons. The zero-order valence-electron chi connectivity index (χ0n) is 10.7. The lowest BCUT2D eigenvalue weighted by Crippen LogP contribution is -2.46. The van der Waals surface area contributed by atoms with E-state index in [1.165, 1.54) is 12.8 Å². The van der Waals surface area contributed by atoms with E-state index in [9.17, 15) is 9.59 Å². The fourth-order valence-electron chi connectivity index (χ4n) is 2.95. The Morgan fingerprint density at radius 3 is 2.78 bits per heavy atom. The number of hydrogen-bond donors (Lipinski definition) is 2. The van der Waals surface area contributed by atoms with Crippen LogP contribution in [0.4, 0.5) is 0 Å². The molecule has 3 fully saturated rings. The van der Waals surface area contributed by atoms with Crippen LogP contribution in [0.3, 0.4) is 0 Å². The first-order valence-electron chi connectivity index (χ1n) is 7.03. The van der Waals surface area contributed by atoms with Gasteiger partial charge in [-0.2, -0.15) is 0 Å². The largest absolute Gasteiger partial charge is 0.355 e. The van der Waals surface area contributed by atoms with Crippen LogP contribution in [0, 0.1) is 5.92 Å². The Balaban J connectivity index is 1.44. The second kappa shape index (κ2) is 4.88. The third-order valence-corrected chi connectivity index (χ3v) is 4.27. The second-order valence-corrected chi connectivity index (χ2v) is 5.76. The van der Waals surface area contributed by atoms with Gasteiger partial charge in [0.05, 0.1) is 5.92 Å². The van der Waals surface area contributed by atoms with Gasteiger partial charge in [-0.1, -0.05) is 0 Å². The smallest absolute Gasteiger partial charge is 0.225 e. The first-order valence-corrected chi connectivity index (χ1v) is 7.03. The molecule has 2 atom stereocenters. The zero-order chi connectivity index (χ0) is 12.5. The molecule has 0 aromatic heterocycles. The van der Waals surface area contributed by atoms with Gasteiger partial charge in [0, 0.05) is 38.1 Å². The van der Waals surface area contributed by atoms with Crippen LogP contribution in [0.25, 0.3) is 0 Å². The zero-order valence-corrected chi connectivity index (χ0v) is 10.7. The van der Waals surface area contributed by atoms with Crippen LogP contribution in [0.2, 0.25) is 0 Å². The Morgan fingerprint density at radius 1 is 1.28 bits per heavy atom. The summed E-state index contributed by atoms with van der Waals surface area (Å²) in [7, 11) is 0. The standard InChI is InChI=1S/C13H21N3O2/c17-12-4-1-9(7-14-12)13(18)15-10-5-6-16(8-10)11-2-3-11/h9-11H,1-8H2,(H,14,17)(H,15,18). The first kappa shape index (κ1) is 12.0. The van der Waals surface area contributed by atoms with E-state index in [1.807, 2.05) is 0 Å². The molecular formula is C13H21N3O2. The lowest BCUT2D eigenvalue weighted by Gasteiger charge is -2.23. The molecule has 2 amide bonds. The van der Waals surface area contributed by atoms with Gasteiger partial charge in [0.15, 0.2) is 0 Å². The minimum absolute atomic E-state index is 0.0299. The molecule has 3 rings (SSSR count). The molecule has 18 heavy (non-hydrogen) atoms. The molecule has 2 saturated heterocycles. The Morgan fingerprint density at radius 2 is 2.11 bits per heavy atom. The number of amides is 2. The molecule has 3 aliphatic rings. The third-order valence-electron chi connectivity index (χ3n) is 4.27. The molecule has 1 saturated carbocycles. The number of carbonyl (C=O) groups is 2. The van der Waals surface area contributed by atoms with Gasteiger partial charge in [-0.15, -0.1) is 0 Å². The minimum Gasteiger partial charge on any atom is -0.355 e. The summed E-state index contributed by atoms with van der Waals surface area (Å²) < 4.78 is 0. The van der Waals surface area contributed by atoms with E-state index in [2.05, 4.69) is 15.5 Å². The van der Waals surface area contributed by atoms with E-state index < -0.39 is 0 Å². The second-order valence-electron chi connectivity index (χ2n) is 5.76. The number of nitrogens with zero attached hydrogens (tertiary/aromatic N) is 1. The van der Waals surface area contributed by atoms with E-state index in [0.717, 1.165) is 25.6 Å². The highest BCUT2D eigenvalue weighted by Gasteiger charge is 2.35. The van der Waals surface area contributed by atoms with Gasteiger partial charge >= 0.3 is 0 Å². The van der Waals surface area contributed by atoms with Crippen molar-refractivity contribution in [1.82, 2.24) is 15.5 Å². The number of rotatable bonds is 3. The number of carbonyl (C=O) groups excluding carboxylic acids is 2. The van der Waals surface area contributed by atoms with Crippen LogP contribution < -0.4 is 10.6 Å². The minimum atomic E-state index is -0.0299. The highest BCUT2D eigenvalue weighted by atomic mass is 16.2. The van der Waals surface area contributed by atoms with Crippen molar-refractivity contribution in [3.63, 3.8) is 0 Å². The monoisotopic (exact) mass is 251 g/mol. The molecule has 5 heteroatoms. The molecule has 5 nitrogen and oxygen atoms in total. The van der Waals surface area contributed by atoms with Gasteiger partial charge in [0.2, 0.25) is 11.8 Å². The highest BCUT2D eigenvalue weighted by Crippen LogP contribution is 2.29. The summed E-state index contributed by atoms with van der Waals surface area (Å²) in [4.78, 5) is 25.6. The van der Waals surface area contributed by atoms with E-state index in [-0.39, 0.29) is 17.7 Å². The van der Waals surface area contributed by atoms with E-state index in [0.29, 0.717) is 25.4 Å². The normalized spacial score (nSPS) is 33.2. The molecule has 2 aliphatic heterocycles. The summed E-state index contributed by atoms with van der Waals surface area (Å²) in [6.07, 6.45) is 4.90. The summed E-state index contributed by atoms with van der Waals surface area (Å²) in [5.41, 5.74) is 0. The van der Waals surface area contributed by atoms with Gasteiger partial charge in [-0.3, -0.25) is 14.5 Å². The maximum absolute atomic E-state index is 12.1. The lowest BCUT2D eigenvalue weighted by molar-refractivity contribution is -0.129. The van der Waals surface area contributed by atoms with Crippen LogP contribution in [-0.2, 0) is 9.59 Å². The Labute approximate surface area is 107 Å². The first-order chi connectivity index (χ1) is 8.72. The van der Waals surface area contributed by atoms with Gasteiger partial charge in [-0.25, -0.2) is 0 Å². The van der Waals surface area contributed by atoms with Crippen molar-refractivity contribution < 1.29 is 9.59 Å². The van der Waals surface area contributed by atoms with E-state index in [4.69, 9.17) is 0 Å². The van der Waals surface area contributed by atoms with Crippen molar-refractivity contribution in [3.8, 4) is 0 Å². The van der Waals surface area contributed by atoms with Crippen molar-refractivity contribution in [2.24, 2.45) is 5.92 Å². The molecule has 2 N–H and O–H groups in total. The Hall–Kier alpha value is -1.10. The quantitative estimate of drug-likeness (QED) is 0.734. The van der Waals surface area contributed by atoms with Crippen molar-refractivity contribution >= 4 is 11.8 Å². The average molecular weight is 251 g/mol. The van der Waals surface area contributed by atoms with Crippen LogP contribution in [-0.4, -0.2) is 48.4 Å². The summed E-state index contributed by atoms with van der Waals surface area (Å²) in [6.45, 7) is 2.64. The topological polar surface area (TPSA) is 61.4 Å². The van der Waals surface area contributed by atoms with Gasteiger partial charge in [0.1, 0.15) is 0 Å². The molecule has 2 unspecified atom stereocenters. The van der Waals surface area contributed by atoms with Crippen molar-refractivity contribution in [2.75, 3.05) is 19.6 Å². The lowest BCUT2D eigenvalue weighted by atomic mass is 9.98. The maximum Gasteiger partial charge on any atom is 0.225 e. The highest BCUT2D eigenvalue weighted by molar-refractivity contribution is 5.83. The molecule has 0 spiro atoms. The molecule has 2 heterocycles. The van der Waals surface area contributed by atoms with Gasteiger partial charge in [0.25, 0.3) is 0 Å². The third kappa shape index (κ3) is 2.66. The summed E-state index contributed by atoms with van der Waals surface area (Å²) in [5, 5.41) is 5.91. The van der Waals surface area contributed by atoms with Crippen LogP contribution in [0.1, 0.15) is 32.1 Å². The van der Waals surface area contributed by atoms with Crippen molar-refractivity contribution in [3.05, 3.63) is 0 Å². The molecule has 100 valence electrons.